The van der Waals surface area contributed by atoms with E-state index in [1.54, 1.807) is 0 Å². The molecule has 1 aliphatic heterocycles. The van der Waals surface area contributed by atoms with Crippen LogP contribution in [0, 0.1) is 17.3 Å². The highest BCUT2D eigenvalue weighted by Gasteiger charge is 2.65. The fourth-order valence-electron chi connectivity index (χ4n) is 4.89. The van der Waals surface area contributed by atoms with Gasteiger partial charge in [0.2, 0.25) is 0 Å². The molecule has 2 aliphatic carbocycles. The molecule has 3 rings (SSSR count). The Morgan fingerprint density at radius 2 is 1.95 bits per heavy atom. The van der Waals surface area contributed by atoms with Crippen molar-refractivity contribution >= 4 is 0 Å². The lowest BCUT2D eigenvalue weighted by Gasteiger charge is -2.37. The van der Waals surface area contributed by atoms with E-state index in [1.807, 2.05) is 6.92 Å². The summed E-state index contributed by atoms with van der Waals surface area (Å²) in [5.74, 6) is 1.17. The molecular formula is C20H30O2. The van der Waals surface area contributed by atoms with Crippen LogP contribution in [0.5, 0.6) is 0 Å². The Balaban J connectivity index is 1.80. The average molecular weight is 302 g/mol. The Morgan fingerprint density at radius 3 is 2.64 bits per heavy atom. The molecule has 0 bridgehead atoms. The predicted molar refractivity (Wildman–Crippen MR) is 90.6 cm³/mol. The van der Waals surface area contributed by atoms with Crippen LogP contribution in [0.15, 0.2) is 36.0 Å². The van der Waals surface area contributed by atoms with Crippen molar-refractivity contribution in [3.8, 4) is 0 Å². The van der Waals surface area contributed by atoms with E-state index in [2.05, 4.69) is 45.6 Å². The highest BCUT2D eigenvalue weighted by atomic mass is 16.6. The second kappa shape index (κ2) is 5.35. The van der Waals surface area contributed by atoms with Gasteiger partial charge in [0.25, 0.3) is 0 Å². The summed E-state index contributed by atoms with van der Waals surface area (Å²) >= 11 is 0. The maximum Gasteiger partial charge on any atom is 0.113 e. The van der Waals surface area contributed by atoms with Gasteiger partial charge in [0, 0.05) is 0 Å². The van der Waals surface area contributed by atoms with Crippen LogP contribution in [0.25, 0.3) is 0 Å². The van der Waals surface area contributed by atoms with E-state index >= 15 is 0 Å². The lowest BCUT2D eigenvalue weighted by molar-refractivity contribution is -0.0165. The number of hydrogen-bond acceptors (Lipinski definition) is 2. The number of hydrogen-bond donors (Lipinski definition) is 1. The van der Waals surface area contributed by atoms with Crippen LogP contribution in [-0.2, 0) is 4.74 Å². The Morgan fingerprint density at radius 1 is 1.23 bits per heavy atom. The fourth-order valence-corrected chi connectivity index (χ4v) is 4.89. The molecule has 1 heterocycles. The van der Waals surface area contributed by atoms with E-state index in [-0.39, 0.29) is 23.2 Å². The normalized spacial score (nSPS) is 48.0. The zero-order valence-electron chi connectivity index (χ0n) is 14.4. The van der Waals surface area contributed by atoms with Gasteiger partial charge in [-0.15, -0.1) is 0 Å². The number of aliphatic hydroxyl groups is 1. The van der Waals surface area contributed by atoms with E-state index in [0.29, 0.717) is 11.8 Å². The topological polar surface area (TPSA) is 32.8 Å². The van der Waals surface area contributed by atoms with Gasteiger partial charge in [-0.2, -0.15) is 0 Å². The molecule has 2 saturated carbocycles. The van der Waals surface area contributed by atoms with Gasteiger partial charge in [-0.1, -0.05) is 42.9 Å². The molecule has 0 spiro atoms. The smallest absolute Gasteiger partial charge is 0.113 e. The van der Waals surface area contributed by atoms with E-state index in [9.17, 15) is 5.11 Å². The van der Waals surface area contributed by atoms with Gasteiger partial charge in [-0.05, 0) is 63.7 Å². The van der Waals surface area contributed by atoms with Gasteiger partial charge in [0.15, 0.2) is 0 Å². The van der Waals surface area contributed by atoms with Gasteiger partial charge in [0.05, 0.1) is 11.7 Å². The molecule has 122 valence electrons. The lowest BCUT2D eigenvalue weighted by atomic mass is 9.70. The second-order valence-electron chi connectivity index (χ2n) is 8.21. The molecule has 1 N–H and O–H groups in total. The first-order chi connectivity index (χ1) is 10.3. The Bertz CT molecular complexity index is 532. The molecule has 3 fully saturated rings. The molecule has 0 aromatic carbocycles. The van der Waals surface area contributed by atoms with Gasteiger partial charge in [0.1, 0.15) is 6.10 Å². The highest BCUT2D eigenvalue weighted by Crippen LogP contribution is 2.61. The molecular weight excluding hydrogens is 272 g/mol. The van der Waals surface area contributed by atoms with Crippen molar-refractivity contribution in [3.63, 3.8) is 0 Å². The summed E-state index contributed by atoms with van der Waals surface area (Å²) in [4.78, 5) is 0. The zero-order chi connectivity index (χ0) is 16.1. The number of allylic oxidation sites excluding steroid dienone is 5. The standard InChI is InChI=1S/C20H30O2/c1-13(2)7-6-8-14(3)15-9-11-19(4)16(15)10-12-20(5)18(22-20)17(19)21/h6-8,15-18,21H,1,9-12H2,2-5H3. The number of rotatable bonds is 3. The highest BCUT2D eigenvalue weighted by molar-refractivity contribution is 5.24. The van der Waals surface area contributed by atoms with Crippen molar-refractivity contribution in [2.45, 2.75) is 71.2 Å². The molecule has 0 radical (unpaired) electrons. The molecule has 0 aromatic heterocycles. The van der Waals surface area contributed by atoms with Gasteiger partial charge in [-0.25, -0.2) is 0 Å². The molecule has 3 aliphatic rings. The van der Waals surface area contributed by atoms with Crippen molar-refractivity contribution < 1.29 is 9.84 Å². The summed E-state index contributed by atoms with van der Waals surface area (Å²) in [6.07, 6.45) is 10.7. The number of aliphatic hydroxyl groups excluding tert-OH is 1. The summed E-state index contributed by atoms with van der Waals surface area (Å²) in [5, 5.41) is 10.9. The second-order valence-corrected chi connectivity index (χ2v) is 8.21. The fraction of sp³-hybridized carbons (Fsp3) is 0.700. The summed E-state index contributed by atoms with van der Waals surface area (Å²) < 4.78 is 5.83. The quantitative estimate of drug-likeness (QED) is 0.619. The van der Waals surface area contributed by atoms with Crippen molar-refractivity contribution in [2.75, 3.05) is 0 Å². The molecule has 0 aromatic rings. The van der Waals surface area contributed by atoms with E-state index in [4.69, 9.17) is 4.74 Å². The molecule has 6 atom stereocenters. The minimum absolute atomic E-state index is 0.0107. The van der Waals surface area contributed by atoms with Crippen LogP contribution >= 0.6 is 0 Å². The van der Waals surface area contributed by atoms with Crippen LogP contribution in [-0.4, -0.2) is 22.9 Å². The Hall–Kier alpha value is -0.860. The SMILES string of the molecule is C=C(C)C=CC=C(C)C1CCC2(C)C(O)C3OC3(C)CCC12. The third-order valence-corrected chi connectivity index (χ3v) is 6.51. The third-order valence-electron chi connectivity index (χ3n) is 6.51. The van der Waals surface area contributed by atoms with Crippen LogP contribution < -0.4 is 0 Å². The number of epoxide rings is 1. The minimum atomic E-state index is -0.311. The zero-order valence-corrected chi connectivity index (χ0v) is 14.4. The summed E-state index contributed by atoms with van der Waals surface area (Å²) in [7, 11) is 0. The molecule has 2 nitrogen and oxygen atoms in total. The van der Waals surface area contributed by atoms with Gasteiger partial charge >= 0.3 is 0 Å². The van der Waals surface area contributed by atoms with Crippen molar-refractivity contribution in [2.24, 2.45) is 17.3 Å². The van der Waals surface area contributed by atoms with Crippen LogP contribution in [0.2, 0.25) is 0 Å². The summed E-state index contributed by atoms with van der Waals surface area (Å²) in [6.45, 7) is 12.6. The molecule has 6 unspecified atom stereocenters. The van der Waals surface area contributed by atoms with Crippen LogP contribution in [0.3, 0.4) is 0 Å². The first-order valence-corrected chi connectivity index (χ1v) is 8.64. The molecule has 2 heteroatoms. The molecule has 1 saturated heterocycles. The van der Waals surface area contributed by atoms with E-state index in [0.717, 1.165) is 18.4 Å². The minimum Gasteiger partial charge on any atom is -0.390 e. The van der Waals surface area contributed by atoms with E-state index < -0.39 is 0 Å². The first-order valence-electron chi connectivity index (χ1n) is 8.64. The predicted octanol–water partition coefficient (Wildman–Crippen LogP) is 4.41. The number of ether oxygens (including phenoxy) is 1. The molecule has 22 heavy (non-hydrogen) atoms. The monoisotopic (exact) mass is 302 g/mol. The maximum atomic E-state index is 10.9. The van der Waals surface area contributed by atoms with Gasteiger partial charge < -0.3 is 9.84 Å². The Kier molecular flexibility index (Phi) is 3.89. The van der Waals surface area contributed by atoms with Crippen LogP contribution in [0.4, 0.5) is 0 Å². The van der Waals surface area contributed by atoms with Crippen molar-refractivity contribution in [1.82, 2.24) is 0 Å². The van der Waals surface area contributed by atoms with Crippen molar-refractivity contribution in [1.29, 1.82) is 0 Å². The molecule has 0 amide bonds. The lowest BCUT2D eigenvalue weighted by Crippen LogP contribution is -2.40. The Labute approximate surface area is 134 Å². The maximum absolute atomic E-state index is 10.9. The summed E-state index contributed by atoms with van der Waals surface area (Å²) in [6, 6.07) is 0. The average Bonchev–Trinajstić information content (AvgIpc) is 3.00. The first kappa shape index (κ1) is 16.0. The van der Waals surface area contributed by atoms with E-state index in [1.165, 1.54) is 18.4 Å². The van der Waals surface area contributed by atoms with Crippen molar-refractivity contribution in [3.05, 3.63) is 36.0 Å². The van der Waals surface area contributed by atoms with Crippen LogP contribution in [0.1, 0.15) is 53.4 Å². The van der Waals surface area contributed by atoms with Gasteiger partial charge in [-0.3, -0.25) is 0 Å². The third kappa shape index (κ3) is 2.51. The largest absolute Gasteiger partial charge is 0.390 e. The summed E-state index contributed by atoms with van der Waals surface area (Å²) in [5.41, 5.74) is 2.47. The number of fused-ring (bicyclic) bond motifs is 2.